The third-order valence-electron chi connectivity index (χ3n) is 4.37. The predicted octanol–water partition coefficient (Wildman–Crippen LogP) is 3.13. The highest BCUT2D eigenvalue weighted by Gasteiger charge is 2.31. The Labute approximate surface area is 139 Å². The van der Waals surface area contributed by atoms with Gasteiger partial charge in [-0.15, -0.1) is 0 Å². The lowest BCUT2D eigenvalue weighted by atomic mass is 9.83. The number of nitrogens with zero attached hydrogens (tertiary/aromatic N) is 1. The average molecular weight is 344 g/mol. The van der Waals surface area contributed by atoms with E-state index in [2.05, 4.69) is 10.2 Å². The molecule has 1 atom stereocenters. The van der Waals surface area contributed by atoms with Gasteiger partial charge in [0.2, 0.25) is 5.91 Å². The number of aliphatic hydroxyl groups is 1. The molecule has 1 aromatic carbocycles. The Morgan fingerprint density at radius 3 is 2.83 bits per heavy atom. The van der Waals surface area contributed by atoms with Crippen LogP contribution in [0.25, 0.3) is 0 Å². The maximum absolute atomic E-state index is 12.7. The van der Waals surface area contributed by atoms with Crippen LogP contribution >= 0.6 is 0 Å². The maximum Gasteiger partial charge on any atom is 0.416 e. The zero-order chi connectivity index (χ0) is 17.8. The summed E-state index contributed by atoms with van der Waals surface area (Å²) in [4.78, 5) is 14.1. The molecule has 1 fully saturated rings. The number of aliphatic hydroxyl groups excluding tert-OH is 1. The van der Waals surface area contributed by atoms with Crippen LogP contribution in [0, 0.1) is 5.41 Å². The molecule has 1 aliphatic rings. The number of benzene rings is 1. The summed E-state index contributed by atoms with van der Waals surface area (Å²) in [6, 6.07) is 4.62. The summed E-state index contributed by atoms with van der Waals surface area (Å²) < 4.78 is 38.0. The van der Waals surface area contributed by atoms with Gasteiger partial charge in [0, 0.05) is 37.2 Å². The summed E-state index contributed by atoms with van der Waals surface area (Å²) in [5.41, 5.74) is -0.779. The Morgan fingerprint density at radius 1 is 1.42 bits per heavy atom. The monoisotopic (exact) mass is 344 g/mol. The van der Waals surface area contributed by atoms with E-state index >= 15 is 0 Å². The van der Waals surface area contributed by atoms with Gasteiger partial charge in [-0.1, -0.05) is 13.0 Å². The first-order valence-corrected chi connectivity index (χ1v) is 8.02. The fourth-order valence-corrected chi connectivity index (χ4v) is 3.00. The minimum Gasteiger partial charge on any atom is -0.396 e. The number of rotatable bonds is 5. The van der Waals surface area contributed by atoms with Crippen molar-refractivity contribution >= 4 is 11.6 Å². The Bertz CT molecular complexity index is 577. The molecule has 0 aromatic heterocycles. The summed E-state index contributed by atoms with van der Waals surface area (Å²) in [6.45, 7) is 4.24. The molecular formula is C17H23F3N2O2. The molecule has 1 aromatic rings. The molecule has 2 N–H and O–H groups in total. The fraction of sp³-hybridized carbons (Fsp3) is 0.588. The van der Waals surface area contributed by atoms with Crippen molar-refractivity contribution in [1.82, 2.24) is 4.90 Å². The second-order valence-electron chi connectivity index (χ2n) is 6.73. The molecule has 2 rings (SSSR count). The standard InChI is InChI=1S/C17H23F3N2O2/c1-16(12-23)7-3-8-22(11-16)9-6-15(24)21-14-5-2-4-13(10-14)17(18,19)20/h2,4-5,10,23H,3,6-9,11-12H2,1H3,(H,21,24). The number of carbonyl (C=O) groups excluding carboxylic acids is 1. The van der Waals surface area contributed by atoms with Gasteiger partial charge in [-0.25, -0.2) is 0 Å². The molecule has 24 heavy (non-hydrogen) atoms. The quantitative estimate of drug-likeness (QED) is 0.863. The number of likely N-dealkylation sites (tertiary alicyclic amines) is 1. The first-order valence-electron chi connectivity index (χ1n) is 8.02. The number of alkyl halides is 3. The number of hydrogen-bond acceptors (Lipinski definition) is 3. The smallest absolute Gasteiger partial charge is 0.396 e. The molecule has 134 valence electrons. The van der Waals surface area contributed by atoms with Gasteiger partial charge in [0.15, 0.2) is 0 Å². The SMILES string of the molecule is CC1(CO)CCCN(CCC(=O)Nc2cccc(C(F)(F)F)c2)C1. The maximum atomic E-state index is 12.7. The van der Waals surface area contributed by atoms with Crippen LogP contribution in [0.15, 0.2) is 24.3 Å². The van der Waals surface area contributed by atoms with E-state index in [-0.39, 0.29) is 30.0 Å². The molecule has 0 saturated carbocycles. The highest BCUT2D eigenvalue weighted by atomic mass is 19.4. The summed E-state index contributed by atoms with van der Waals surface area (Å²) >= 11 is 0. The minimum absolute atomic E-state index is 0.111. The number of hydrogen-bond donors (Lipinski definition) is 2. The molecular weight excluding hydrogens is 321 g/mol. The number of anilines is 1. The highest BCUT2D eigenvalue weighted by molar-refractivity contribution is 5.90. The van der Waals surface area contributed by atoms with Crippen LogP contribution in [-0.2, 0) is 11.0 Å². The van der Waals surface area contributed by atoms with Crippen LogP contribution in [0.5, 0.6) is 0 Å². The Hall–Kier alpha value is -1.60. The van der Waals surface area contributed by atoms with Crippen molar-refractivity contribution in [2.24, 2.45) is 5.41 Å². The summed E-state index contributed by atoms with van der Waals surface area (Å²) in [5, 5.41) is 11.9. The molecule has 0 bridgehead atoms. The van der Waals surface area contributed by atoms with Gasteiger partial charge in [-0.05, 0) is 37.6 Å². The highest BCUT2D eigenvalue weighted by Crippen LogP contribution is 2.31. The minimum atomic E-state index is -4.43. The lowest BCUT2D eigenvalue weighted by Crippen LogP contribution is -2.44. The van der Waals surface area contributed by atoms with Crippen molar-refractivity contribution in [2.75, 3.05) is 31.6 Å². The molecule has 1 aliphatic heterocycles. The van der Waals surface area contributed by atoms with Crippen molar-refractivity contribution in [3.8, 4) is 0 Å². The van der Waals surface area contributed by atoms with Crippen molar-refractivity contribution in [2.45, 2.75) is 32.4 Å². The number of amides is 1. The van der Waals surface area contributed by atoms with Crippen molar-refractivity contribution in [3.63, 3.8) is 0 Å². The van der Waals surface area contributed by atoms with Crippen LogP contribution in [0.1, 0.15) is 31.7 Å². The van der Waals surface area contributed by atoms with Gasteiger partial charge in [0.05, 0.1) is 5.56 Å². The Balaban J connectivity index is 1.86. The third kappa shape index (κ3) is 5.21. The second kappa shape index (κ2) is 7.53. The molecule has 1 unspecified atom stereocenters. The largest absolute Gasteiger partial charge is 0.416 e. The van der Waals surface area contributed by atoms with Crippen LogP contribution in [0.2, 0.25) is 0 Å². The zero-order valence-electron chi connectivity index (χ0n) is 13.7. The first-order chi connectivity index (χ1) is 11.2. The molecule has 1 amide bonds. The van der Waals surface area contributed by atoms with Crippen LogP contribution in [0.4, 0.5) is 18.9 Å². The lowest BCUT2D eigenvalue weighted by molar-refractivity contribution is -0.137. The van der Waals surface area contributed by atoms with E-state index in [0.717, 1.165) is 38.1 Å². The van der Waals surface area contributed by atoms with E-state index in [1.165, 1.54) is 12.1 Å². The summed E-state index contributed by atoms with van der Waals surface area (Å²) in [7, 11) is 0. The normalized spacial score (nSPS) is 22.4. The van der Waals surface area contributed by atoms with E-state index in [0.29, 0.717) is 6.54 Å². The zero-order valence-corrected chi connectivity index (χ0v) is 13.7. The molecule has 0 radical (unpaired) electrons. The molecule has 7 heteroatoms. The van der Waals surface area contributed by atoms with Gasteiger partial charge in [0.1, 0.15) is 0 Å². The van der Waals surface area contributed by atoms with Crippen LogP contribution < -0.4 is 5.32 Å². The van der Waals surface area contributed by atoms with Crippen molar-refractivity contribution in [1.29, 1.82) is 0 Å². The molecule has 1 saturated heterocycles. The van der Waals surface area contributed by atoms with Gasteiger partial charge in [-0.3, -0.25) is 4.79 Å². The summed E-state index contributed by atoms with van der Waals surface area (Å²) in [5.74, 6) is -0.314. The van der Waals surface area contributed by atoms with Gasteiger partial charge in [-0.2, -0.15) is 13.2 Å². The predicted molar refractivity (Wildman–Crippen MR) is 85.6 cm³/mol. The molecule has 0 aliphatic carbocycles. The number of halogens is 3. The Kier molecular flexibility index (Phi) is 5.87. The van der Waals surface area contributed by atoms with Gasteiger partial charge in [0.25, 0.3) is 0 Å². The van der Waals surface area contributed by atoms with E-state index in [1.807, 2.05) is 6.92 Å². The lowest BCUT2D eigenvalue weighted by Gasteiger charge is -2.39. The van der Waals surface area contributed by atoms with Gasteiger partial charge < -0.3 is 15.3 Å². The van der Waals surface area contributed by atoms with Crippen LogP contribution in [-0.4, -0.2) is 42.2 Å². The van der Waals surface area contributed by atoms with E-state index in [1.54, 1.807) is 0 Å². The number of carbonyl (C=O) groups is 1. The fourth-order valence-electron chi connectivity index (χ4n) is 3.00. The van der Waals surface area contributed by atoms with Gasteiger partial charge >= 0.3 is 6.18 Å². The second-order valence-corrected chi connectivity index (χ2v) is 6.73. The third-order valence-corrected chi connectivity index (χ3v) is 4.37. The first kappa shape index (κ1) is 18.7. The summed E-state index contributed by atoms with van der Waals surface area (Å²) in [6.07, 6.45) is -2.30. The van der Waals surface area contributed by atoms with E-state index in [9.17, 15) is 23.1 Å². The molecule has 1 heterocycles. The number of nitrogens with one attached hydrogen (secondary N) is 1. The Morgan fingerprint density at radius 2 is 2.17 bits per heavy atom. The average Bonchev–Trinajstić information content (AvgIpc) is 2.53. The van der Waals surface area contributed by atoms with Crippen molar-refractivity contribution in [3.05, 3.63) is 29.8 Å². The molecule has 4 nitrogen and oxygen atoms in total. The van der Waals surface area contributed by atoms with Crippen molar-refractivity contribution < 1.29 is 23.1 Å². The van der Waals surface area contributed by atoms with E-state index < -0.39 is 11.7 Å². The topological polar surface area (TPSA) is 52.6 Å². The number of piperidine rings is 1. The molecule has 0 spiro atoms. The van der Waals surface area contributed by atoms with Crippen LogP contribution in [0.3, 0.4) is 0 Å². The van der Waals surface area contributed by atoms with E-state index in [4.69, 9.17) is 0 Å².